The highest BCUT2D eigenvalue weighted by Crippen LogP contribution is 2.33. The fourth-order valence-corrected chi connectivity index (χ4v) is 2.74. The quantitative estimate of drug-likeness (QED) is 0.862. The molecule has 3 rings (SSSR count). The molecule has 0 atom stereocenters. The van der Waals surface area contributed by atoms with Crippen LogP contribution in [0.25, 0.3) is 5.57 Å². The molecule has 2 aromatic rings. The number of hydrogen-bond acceptors (Lipinski definition) is 3. The molecule has 0 spiro atoms. The Morgan fingerprint density at radius 3 is 2.05 bits per heavy atom. The summed E-state index contributed by atoms with van der Waals surface area (Å²) in [5, 5.41) is 0. The smallest absolute Gasteiger partial charge is 0.186 e. The second-order valence-corrected chi connectivity index (χ2v) is 5.30. The van der Waals surface area contributed by atoms with Crippen LogP contribution in [0.3, 0.4) is 0 Å². The van der Waals surface area contributed by atoms with Crippen LogP contribution in [0.15, 0.2) is 66.5 Å². The maximum Gasteiger partial charge on any atom is 0.186 e. The lowest BCUT2D eigenvalue weighted by Crippen LogP contribution is -2.28. The summed E-state index contributed by atoms with van der Waals surface area (Å²) >= 11 is 0. The van der Waals surface area contributed by atoms with E-state index in [9.17, 15) is 4.79 Å². The summed E-state index contributed by atoms with van der Waals surface area (Å²) in [7, 11) is 3.96. The second-order valence-electron chi connectivity index (χ2n) is 5.30. The summed E-state index contributed by atoms with van der Waals surface area (Å²) in [6, 6.07) is 19.9. The first-order chi connectivity index (χ1) is 10.2. The van der Waals surface area contributed by atoms with Crippen molar-refractivity contribution in [3.05, 3.63) is 72.0 Å². The fourth-order valence-electron chi connectivity index (χ4n) is 2.74. The van der Waals surface area contributed by atoms with Gasteiger partial charge in [-0.3, -0.25) is 4.79 Å². The Balaban J connectivity index is 2.14. The predicted octanol–water partition coefficient (Wildman–Crippen LogP) is 3.01. The number of Topliss-reactive ketones (excluding diaryl/α,β-unsaturated/α-hetero) is 1. The molecule has 0 fully saturated rings. The van der Waals surface area contributed by atoms with Gasteiger partial charge in [-0.05, 0) is 17.7 Å². The van der Waals surface area contributed by atoms with Crippen LogP contribution in [-0.2, 0) is 4.79 Å². The monoisotopic (exact) mass is 278 g/mol. The van der Waals surface area contributed by atoms with Gasteiger partial charge in [-0.2, -0.15) is 0 Å². The molecule has 0 N–H and O–H groups in total. The third-order valence-corrected chi connectivity index (χ3v) is 3.61. The molecule has 3 nitrogen and oxygen atoms in total. The van der Waals surface area contributed by atoms with Crippen LogP contribution in [-0.4, -0.2) is 31.3 Å². The van der Waals surface area contributed by atoms with E-state index in [-0.39, 0.29) is 5.78 Å². The summed E-state index contributed by atoms with van der Waals surface area (Å²) in [6.45, 7) is 0.391. The maximum atomic E-state index is 12.5. The van der Waals surface area contributed by atoms with Gasteiger partial charge in [0.15, 0.2) is 5.78 Å². The lowest BCUT2D eigenvalue weighted by Gasteiger charge is -2.27. The van der Waals surface area contributed by atoms with E-state index in [0.29, 0.717) is 6.54 Å². The molecule has 0 saturated carbocycles. The van der Waals surface area contributed by atoms with Crippen molar-refractivity contribution in [1.29, 1.82) is 0 Å². The standard InChI is InChI=1S/C18H18N2O/c1-19(2)18-17(14-9-5-3-6-10-14)16(21)13-20(18)15-11-7-4-8-12-15/h3-12H,13H2,1-2H3. The Bertz CT molecular complexity index is 675. The summed E-state index contributed by atoms with van der Waals surface area (Å²) < 4.78 is 0. The first-order valence-electron chi connectivity index (χ1n) is 7.01. The SMILES string of the molecule is CN(C)C1=C(c2ccccc2)C(=O)CN1c1ccccc1. The molecule has 0 amide bonds. The third-order valence-electron chi connectivity index (χ3n) is 3.61. The molecule has 106 valence electrons. The molecule has 0 saturated heterocycles. The van der Waals surface area contributed by atoms with Crippen LogP contribution >= 0.6 is 0 Å². The van der Waals surface area contributed by atoms with Gasteiger partial charge in [0.2, 0.25) is 0 Å². The van der Waals surface area contributed by atoms with Gasteiger partial charge in [-0.15, -0.1) is 0 Å². The van der Waals surface area contributed by atoms with Gasteiger partial charge in [-0.1, -0.05) is 48.5 Å². The summed E-state index contributed by atoms with van der Waals surface area (Å²) in [6.07, 6.45) is 0. The predicted molar refractivity (Wildman–Crippen MR) is 85.8 cm³/mol. The Morgan fingerprint density at radius 2 is 1.48 bits per heavy atom. The molecule has 21 heavy (non-hydrogen) atoms. The van der Waals surface area contributed by atoms with Gasteiger partial charge in [-0.25, -0.2) is 0 Å². The van der Waals surface area contributed by atoms with Crippen molar-refractivity contribution >= 4 is 17.0 Å². The average molecular weight is 278 g/mol. The van der Waals surface area contributed by atoms with E-state index in [1.807, 2.05) is 79.7 Å². The zero-order valence-electron chi connectivity index (χ0n) is 12.3. The van der Waals surface area contributed by atoms with Crippen molar-refractivity contribution in [2.45, 2.75) is 0 Å². The van der Waals surface area contributed by atoms with Crippen LogP contribution in [0.5, 0.6) is 0 Å². The van der Waals surface area contributed by atoms with E-state index in [2.05, 4.69) is 4.90 Å². The van der Waals surface area contributed by atoms with E-state index in [4.69, 9.17) is 0 Å². The van der Waals surface area contributed by atoms with Gasteiger partial charge in [0.25, 0.3) is 0 Å². The Hall–Kier alpha value is -2.55. The average Bonchev–Trinajstić information content (AvgIpc) is 2.87. The number of para-hydroxylation sites is 1. The number of hydrogen-bond donors (Lipinski definition) is 0. The zero-order chi connectivity index (χ0) is 14.8. The maximum absolute atomic E-state index is 12.5. The minimum absolute atomic E-state index is 0.161. The molecule has 0 aliphatic carbocycles. The van der Waals surface area contributed by atoms with Crippen LogP contribution in [0.2, 0.25) is 0 Å². The van der Waals surface area contributed by atoms with Crippen molar-refractivity contribution in [1.82, 2.24) is 4.90 Å². The topological polar surface area (TPSA) is 23.6 Å². The molecular formula is C18H18N2O. The molecule has 1 heterocycles. The Labute approximate surface area is 125 Å². The Kier molecular flexibility index (Phi) is 3.48. The lowest BCUT2D eigenvalue weighted by molar-refractivity contribution is -0.112. The fraction of sp³-hybridized carbons (Fsp3) is 0.167. The van der Waals surface area contributed by atoms with E-state index < -0.39 is 0 Å². The molecule has 0 aromatic heterocycles. The number of benzene rings is 2. The highest BCUT2D eigenvalue weighted by atomic mass is 16.1. The zero-order valence-corrected chi connectivity index (χ0v) is 12.3. The van der Waals surface area contributed by atoms with E-state index in [1.165, 1.54) is 0 Å². The normalized spacial score (nSPS) is 14.8. The largest absolute Gasteiger partial charge is 0.363 e. The number of ketones is 1. The van der Waals surface area contributed by atoms with E-state index in [0.717, 1.165) is 22.6 Å². The second kappa shape index (κ2) is 5.44. The number of carbonyl (C=O) groups is 1. The summed E-state index contributed by atoms with van der Waals surface area (Å²) in [5.41, 5.74) is 2.81. The van der Waals surface area contributed by atoms with Crippen molar-refractivity contribution < 1.29 is 4.79 Å². The summed E-state index contributed by atoms with van der Waals surface area (Å²) in [5.74, 6) is 1.12. The third kappa shape index (κ3) is 2.42. The molecule has 2 aromatic carbocycles. The van der Waals surface area contributed by atoms with Gasteiger partial charge < -0.3 is 9.80 Å². The highest BCUT2D eigenvalue weighted by Gasteiger charge is 2.32. The molecule has 0 radical (unpaired) electrons. The minimum Gasteiger partial charge on any atom is -0.363 e. The van der Waals surface area contributed by atoms with Gasteiger partial charge in [0.05, 0.1) is 12.1 Å². The first-order valence-corrected chi connectivity index (χ1v) is 7.01. The van der Waals surface area contributed by atoms with Gasteiger partial charge in [0.1, 0.15) is 5.82 Å². The number of rotatable bonds is 3. The summed E-state index contributed by atoms with van der Waals surface area (Å²) in [4.78, 5) is 16.6. The van der Waals surface area contributed by atoms with Crippen molar-refractivity contribution in [2.24, 2.45) is 0 Å². The van der Waals surface area contributed by atoms with Crippen LogP contribution in [0.1, 0.15) is 5.56 Å². The molecule has 3 heteroatoms. The number of anilines is 1. The molecule has 1 aliphatic heterocycles. The molecule has 0 unspecified atom stereocenters. The highest BCUT2D eigenvalue weighted by molar-refractivity contribution is 6.26. The lowest BCUT2D eigenvalue weighted by atomic mass is 10.0. The van der Waals surface area contributed by atoms with Gasteiger partial charge in [0, 0.05) is 19.8 Å². The van der Waals surface area contributed by atoms with E-state index >= 15 is 0 Å². The van der Waals surface area contributed by atoms with Crippen LogP contribution < -0.4 is 4.90 Å². The van der Waals surface area contributed by atoms with Crippen molar-refractivity contribution in [3.63, 3.8) is 0 Å². The minimum atomic E-state index is 0.161. The van der Waals surface area contributed by atoms with Crippen LogP contribution in [0.4, 0.5) is 5.69 Å². The number of nitrogens with zero attached hydrogens (tertiary/aromatic N) is 2. The van der Waals surface area contributed by atoms with Crippen molar-refractivity contribution in [3.8, 4) is 0 Å². The molecule has 1 aliphatic rings. The van der Waals surface area contributed by atoms with Gasteiger partial charge >= 0.3 is 0 Å². The first kappa shape index (κ1) is 13.4. The van der Waals surface area contributed by atoms with Crippen LogP contribution in [0, 0.1) is 0 Å². The molecular weight excluding hydrogens is 260 g/mol. The Morgan fingerprint density at radius 1 is 0.905 bits per heavy atom. The molecule has 0 bridgehead atoms. The number of carbonyl (C=O) groups excluding carboxylic acids is 1. The van der Waals surface area contributed by atoms with Crippen molar-refractivity contribution in [2.75, 3.05) is 25.5 Å². The van der Waals surface area contributed by atoms with E-state index in [1.54, 1.807) is 0 Å².